The molecule has 1 saturated heterocycles. The molecule has 0 unspecified atom stereocenters. The van der Waals surface area contributed by atoms with Crippen LogP contribution < -0.4 is 16.0 Å². The molecule has 3 heterocycles. The number of carbonyl (C=O) groups is 1. The summed E-state index contributed by atoms with van der Waals surface area (Å²) in [6.07, 6.45) is 2.60. The maximum Gasteiger partial charge on any atom is 0.461 e. The van der Waals surface area contributed by atoms with E-state index in [1.165, 1.54) is 6.42 Å². The standard InChI is InChI=1S/C13H17N5O4/c1-2-8-9(17-6-4-3-5-7-17)14-11-16-13(21)22-18(11)10(8)15-12(19)20/h15H,2-7H2,1H3,(H,19,20). The van der Waals surface area contributed by atoms with Crippen LogP contribution in [0.15, 0.2) is 9.32 Å². The molecule has 2 aromatic heterocycles. The van der Waals surface area contributed by atoms with Gasteiger partial charge in [0, 0.05) is 18.7 Å². The van der Waals surface area contributed by atoms with Crippen molar-refractivity contribution >= 4 is 23.5 Å². The monoisotopic (exact) mass is 307 g/mol. The molecular formula is C13H17N5O4. The van der Waals surface area contributed by atoms with Crippen molar-refractivity contribution in [3.8, 4) is 0 Å². The molecule has 22 heavy (non-hydrogen) atoms. The second-order valence-corrected chi connectivity index (χ2v) is 5.16. The summed E-state index contributed by atoms with van der Waals surface area (Å²) in [5.41, 5.74) is 0.693. The molecule has 2 N–H and O–H groups in total. The van der Waals surface area contributed by atoms with Crippen LogP contribution in [0.3, 0.4) is 0 Å². The summed E-state index contributed by atoms with van der Waals surface area (Å²) in [6.45, 7) is 3.61. The average Bonchev–Trinajstić information content (AvgIpc) is 2.88. The number of amides is 1. The summed E-state index contributed by atoms with van der Waals surface area (Å²) in [7, 11) is 0. The van der Waals surface area contributed by atoms with Crippen molar-refractivity contribution in [3.63, 3.8) is 0 Å². The van der Waals surface area contributed by atoms with Crippen LogP contribution in [0.25, 0.3) is 5.78 Å². The topological polar surface area (TPSA) is 113 Å². The summed E-state index contributed by atoms with van der Waals surface area (Å²) >= 11 is 0. The summed E-state index contributed by atoms with van der Waals surface area (Å²) < 4.78 is 5.97. The highest BCUT2D eigenvalue weighted by Gasteiger charge is 2.23. The Morgan fingerprint density at radius 3 is 2.68 bits per heavy atom. The molecule has 0 aromatic carbocycles. The zero-order valence-electron chi connectivity index (χ0n) is 12.2. The van der Waals surface area contributed by atoms with Crippen LogP contribution in [0.1, 0.15) is 31.7 Å². The molecule has 3 rings (SSSR count). The van der Waals surface area contributed by atoms with Gasteiger partial charge in [-0.1, -0.05) is 6.92 Å². The minimum atomic E-state index is -1.23. The van der Waals surface area contributed by atoms with Crippen LogP contribution in [0, 0.1) is 0 Å². The molecule has 0 spiro atoms. The first-order valence-electron chi connectivity index (χ1n) is 7.28. The predicted octanol–water partition coefficient (Wildman–Crippen LogP) is 1.33. The molecule has 1 aliphatic heterocycles. The molecule has 9 nitrogen and oxygen atoms in total. The zero-order valence-corrected chi connectivity index (χ0v) is 12.2. The van der Waals surface area contributed by atoms with Crippen LogP contribution in [-0.4, -0.2) is 38.8 Å². The molecule has 1 amide bonds. The van der Waals surface area contributed by atoms with Crippen molar-refractivity contribution in [1.29, 1.82) is 0 Å². The van der Waals surface area contributed by atoms with Crippen molar-refractivity contribution in [3.05, 3.63) is 16.1 Å². The lowest BCUT2D eigenvalue weighted by Crippen LogP contribution is -2.32. The van der Waals surface area contributed by atoms with E-state index >= 15 is 0 Å². The molecule has 1 fully saturated rings. The van der Waals surface area contributed by atoms with E-state index in [0.717, 1.165) is 30.5 Å². The van der Waals surface area contributed by atoms with Crippen LogP contribution in [-0.2, 0) is 6.42 Å². The minimum Gasteiger partial charge on any atom is -0.465 e. The van der Waals surface area contributed by atoms with E-state index in [9.17, 15) is 9.59 Å². The Morgan fingerprint density at radius 1 is 1.32 bits per heavy atom. The number of nitrogens with one attached hydrogen (secondary N) is 1. The predicted molar refractivity (Wildman–Crippen MR) is 78.6 cm³/mol. The van der Waals surface area contributed by atoms with Crippen molar-refractivity contribution in [2.45, 2.75) is 32.6 Å². The van der Waals surface area contributed by atoms with Gasteiger partial charge in [-0.25, -0.2) is 9.59 Å². The van der Waals surface area contributed by atoms with Gasteiger partial charge < -0.3 is 14.5 Å². The Balaban J connectivity index is 2.21. The molecule has 0 atom stereocenters. The molecular weight excluding hydrogens is 290 g/mol. The lowest BCUT2D eigenvalue weighted by atomic mass is 10.1. The highest BCUT2D eigenvalue weighted by Crippen LogP contribution is 2.29. The maximum absolute atomic E-state index is 11.4. The second kappa shape index (κ2) is 5.66. The molecule has 118 valence electrons. The lowest BCUT2D eigenvalue weighted by Gasteiger charge is -2.29. The van der Waals surface area contributed by atoms with E-state index in [0.29, 0.717) is 17.8 Å². The summed E-state index contributed by atoms with van der Waals surface area (Å²) in [5.74, 6) is 0.111. The number of carboxylic acid groups (broad SMARTS) is 1. The largest absolute Gasteiger partial charge is 0.465 e. The average molecular weight is 307 g/mol. The smallest absolute Gasteiger partial charge is 0.461 e. The molecule has 0 radical (unpaired) electrons. The molecule has 2 aromatic rings. The molecule has 9 heteroatoms. The Bertz CT molecular complexity index is 760. The third-order valence-electron chi connectivity index (χ3n) is 3.74. The fourth-order valence-electron chi connectivity index (χ4n) is 2.79. The van der Waals surface area contributed by atoms with Gasteiger partial charge in [-0.05, 0) is 25.7 Å². The van der Waals surface area contributed by atoms with Gasteiger partial charge in [0.15, 0.2) is 5.82 Å². The lowest BCUT2D eigenvalue weighted by molar-refractivity contribution is 0.209. The zero-order chi connectivity index (χ0) is 15.7. The minimum absolute atomic E-state index is 0.0616. The van der Waals surface area contributed by atoms with Crippen LogP contribution >= 0.6 is 0 Å². The van der Waals surface area contributed by atoms with E-state index in [1.807, 2.05) is 6.92 Å². The number of anilines is 2. The summed E-state index contributed by atoms with van der Waals surface area (Å²) in [5, 5.41) is 11.4. The second-order valence-electron chi connectivity index (χ2n) is 5.16. The highest BCUT2D eigenvalue weighted by atomic mass is 16.5. The van der Waals surface area contributed by atoms with Crippen molar-refractivity contribution in [1.82, 2.24) is 14.5 Å². The first kappa shape index (κ1) is 14.4. The van der Waals surface area contributed by atoms with Crippen molar-refractivity contribution in [2.24, 2.45) is 0 Å². The number of fused-ring (bicyclic) bond motifs is 1. The van der Waals surface area contributed by atoms with Crippen molar-refractivity contribution in [2.75, 3.05) is 23.3 Å². The number of aromatic nitrogens is 3. The van der Waals surface area contributed by atoms with E-state index in [-0.39, 0.29) is 11.6 Å². The van der Waals surface area contributed by atoms with Gasteiger partial charge >= 0.3 is 11.8 Å². The first-order valence-corrected chi connectivity index (χ1v) is 7.28. The van der Waals surface area contributed by atoms with Gasteiger partial charge in [0.25, 0.3) is 5.78 Å². The number of piperidine rings is 1. The SMILES string of the molecule is CCc1c(N2CCCCC2)nc2nc(=O)on2c1NC(=O)O. The molecule has 0 bridgehead atoms. The van der Waals surface area contributed by atoms with Crippen LogP contribution in [0.2, 0.25) is 0 Å². The van der Waals surface area contributed by atoms with Crippen molar-refractivity contribution < 1.29 is 14.4 Å². The quantitative estimate of drug-likeness (QED) is 0.879. The Labute approximate surface area is 125 Å². The van der Waals surface area contributed by atoms with E-state index in [2.05, 4.69) is 20.2 Å². The number of hydrogen-bond donors (Lipinski definition) is 2. The number of rotatable bonds is 3. The summed E-state index contributed by atoms with van der Waals surface area (Å²) in [4.78, 5) is 32.7. The maximum atomic E-state index is 11.4. The van der Waals surface area contributed by atoms with Crippen LogP contribution in [0.5, 0.6) is 0 Å². The Morgan fingerprint density at radius 2 is 2.05 bits per heavy atom. The normalized spacial score (nSPS) is 15.2. The van der Waals surface area contributed by atoms with Gasteiger partial charge in [0.1, 0.15) is 5.82 Å². The highest BCUT2D eigenvalue weighted by molar-refractivity contribution is 5.84. The van der Waals surface area contributed by atoms with Gasteiger partial charge in [-0.2, -0.15) is 4.98 Å². The Hall–Kier alpha value is -2.58. The van der Waals surface area contributed by atoms with E-state index in [1.54, 1.807) is 0 Å². The van der Waals surface area contributed by atoms with Crippen LogP contribution in [0.4, 0.5) is 16.4 Å². The van der Waals surface area contributed by atoms with Gasteiger partial charge in [0.05, 0.1) is 0 Å². The summed E-state index contributed by atoms with van der Waals surface area (Å²) in [6, 6.07) is 0. The third kappa shape index (κ3) is 2.49. The molecule has 0 saturated carbocycles. The fraction of sp³-hybridized carbons (Fsp3) is 0.538. The van der Waals surface area contributed by atoms with Gasteiger partial charge in [0.2, 0.25) is 0 Å². The van der Waals surface area contributed by atoms with Gasteiger partial charge in [-0.3, -0.25) is 5.32 Å². The van der Waals surface area contributed by atoms with Gasteiger partial charge in [-0.15, -0.1) is 9.56 Å². The fourth-order valence-corrected chi connectivity index (χ4v) is 2.79. The first-order chi connectivity index (χ1) is 10.6. The molecule has 0 aliphatic carbocycles. The Kier molecular flexibility index (Phi) is 3.70. The molecule has 1 aliphatic rings. The van der Waals surface area contributed by atoms with E-state index < -0.39 is 11.8 Å². The third-order valence-corrected chi connectivity index (χ3v) is 3.74. The van der Waals surface area contributed by atoms with E-state index in [4.69, 9.17) is 9.63 Å². The number of nitrogens with zero attached hydrogens (tertiary/aromatic N) is 4. The number of hydrogen-bond acceptors (Lipinski definition) is 6.